The SMILES string of the molecule is COC(=O)c1ccc(C[S+](C)C)cc1.Fc1c(F)c(F)c([B-](c2c(F)c(F)c(F)c(F)c2F)(c2c(F)c(F)c(F)c(F)c2F)c2c(F)c(F)c(F)c(F)c2F)c(F)c1F. The summed E-state index contributed by atoms with van der Waals surface area (Å²) in [5.41, 5.74) is -12.4. The summed E-state index contributed by atoms with van der Waals surface area (Å²) in [6.07, 6.45) is -2.81. The first-order chi connectivity index (χ1) is 27.3. The normalized spacial score (nSPS) is 11.6. The third-order valence-corrected chi connectivity index (χ3v) is 9.45. The second-order valence-corrected chi connectivity index (χ2v) is 14.4. The smallest absolute Gasteiger partial charge is 0.337 e. The van der Waals surface area contributed by atoms with E-state index >= 15 is 35.1 Å². The van der Waals surface area contributed by atoms with Gasteiger partial charge in [0.1, 0.15) is 58.4 Å². The van der Waals surface area contributed by atoms with E-state index in [1.807, 2.05) is 24.3 Å². The van der Waals surface area contributed by atoms with Crippen LogP contribution in [0.3, 0.4) is 0 Å². The van der Waals surface area contributed by atoms with Gasteiger partial charge < -0.3 is 4.74 Å². The van der Waals surface area contributed by atoms with Gasteiger partial charge in [0.25, 0.3) is 0 Å². The number of ether oxygens (including phenoxy) is 1. The molecule has 0 saturated carbocycles. The van der Waals surface area contributed by atoms with Gasteiger partial charge in [-0.05, 0) is 23.0 Å². The predicted octanol–water partition coefficient (Wildman–Crippen LogP) is 7.70. The maximum atomic E-state index is 15.4. The topological polar surface area (TPSA) is 26.3 Å². The Morgan fingerprint density at radius 2 is 0.610 bits per heavy atom. The molecule has 0 unspecified atom stereocenters. The van der Waals surface area contributed by atoms with Crippen molar-refractivity contribution >= 4 is 44.9 Å². The van der Waals surface area contributed by atoms with Crippen molar-refractivity contribution in [3.05, 3.63) is 152 Å². The largest absolute Gasteiger partial charge is 0.465 e. The molecule has 5 aromatic carbocycles. The standard InChI is InChI=1S/C24BF20.C11H15O2S/c26-5-1(6(27)14(35)21(42)13(5)34)25(2-7(28)15(36)22(43)16(37)8(2)29,3-9(30)17(38)23(44)18(39)10(3)31)4-11(32)19(40)24(45)20(41)12(4)33;1-13-11(12)10-6-4-9(5-7-10)8-14(2)3/h;4-7H,8H2,1-3H3/q-1;+1. The minimum atomic E-state index is -7.22. The van der Waals surface area contributed by atoms with E-state index in [9.17, 15) is 57.5 Å². The molecular weight excluding hydrogens is 875 g/mol. The Kier molecular flexibility index (Phi) is 13.4. The molecule has 0 radical (unpaired) electrons. The van der Waals surface area contributed by atoms with Crippen LogP contribution in [0, 0.1) is 116 Å². The highest BCUT2D eigenvalue weighted by Gasteiger charge is 2.52. The highest BCUT2D eigenvalue weighted by atomic mass is 32.2. The molecule has 316 valence electrons. The number of esters is 1. The number of halogens is 20. The summed E-state index contributed by atoms with van der Waals surface area (Å²) >= 11 is 0. The highest BCUT2D eigenvalue weighted by molar-refractivity contribution is 7.94. The van der Waals surface area contributed by atoms with Crippen molar-refractivity contribution in [2.75, 3.05) is 19.6 Å². The van der Waals surface area contributed by atoms with Crippen molar-refractivity contribution in [2.45, 2.75) is 5.75 Å². The number of hydrogen-bond donors (Lipinski definition) is 0. The van der Waals surface area contributed by atoms with Gasteiger partial charge in [-0.1, -0.05) is 12.1 Å². The highest BCUT2D eigenvalue weighted by Crippen LogP contribution is 2.30. The summed E-state index contributed by atoms with van der Waals surface area (Å²) in [4.78, 5) is 11.1. The number of rotatable bonds is 7. The Labute approximate surface area is 319 Å². The quantitative estimate of drug-likeness (QED) is 0.0419. The number of carbonyl (C=O) groups excluding carboxylic acids is 1. The number of methoxy groups -OCH3 is 1. The first-order valence-corrected chi connectivity index (χ1v) is 17.5. The molecule has 5 rings (SSSR count). The van der Waals surface area contributed by atoms with Crippen LogP contribution in [-0.2, 0) is 21.4 Å². The molecule has 0 atom stereocenters. The lowest BCUT2D eigenvalue weighted by Crippen LogP contribution is -2.81. The molecule has 0 spiro atoms. The van der Waals surface area contributed by atoms with E-state index in [4.69, 9.17) is 0 Å². The van der Waals surface area contributed by atoms with Gasteiger partial charge in [-0.15, -0.1) is 21.9 Å². The van der Waals surface area contributed by atoms with Gasteiger partial charge in [-0.3, -0.25) is 0 Å². The molecule has 0 heterocycles. The maximum absolute atomic E-state index is 15.4. The van der Waals surface area contributed by atoms with Crippen molar-refractivity contribution in [1.82, 2.24) is 0 Å². The zero-order valence-corrected chi connectivity index (χ0v) is 29.7. The molecule has 2 nitrogen and oxygen atoms in total. The Morgan fingerprint density at radius 3 is 0.797 bits per heavy atom. The lowest BCUT2D eigenvalue weighted by Gasteiger charge is -2.44. The van der Waals surface area contributed by atoms with Gasteiger partial charge in [-0.2, -0.15) is 0 Å². The molecule has 0 N–H and O–H groups in total. The van der Waals surface area contributed by atoms with Gasteiger partial charge in [0.05, 0.1) is 25.2 Å². The van der Waals surface area contributed by atoms with Gasteiger partial charge in [0.15, 0.2) is 69.8 Å². The van der Waals surface area contributed by atoms with Crippen LogP contribution in [0.4, 0.5) is 87.8 Å². The van der Waals surface area contributed by atoms with E-state index in [1.54, 1.807) is 0 Å². The van der Waals surface area contributed by atoms with Gasteiger partial charge in [-0.25, -0.2) is 92.6 Å². The fraction of sp³-hybridized carbons (Fsp3) is 0.114. The predicted molar refractivity (Wildman–Crippen MR) is 170 cm³/mol. The summed E-state index contributed by atoms with van der Waals surface area (Å²) in [6, 6.07) is 7.60. The van der Waals surface area contributed by atoms with Crippen LogP contribution in [0.25, 0.3) is 0 Å². The Bertz CT molecular complexity index is 2130. The molecule has 24 heteroatoms. The summed E-state index contributed by atoms with van der Waals surface area (Å²) in [5.74, 6) is -70.6. The van der Waals surface area contributed by atoms with Crippen LogP contribution in [0.2, 0.25) is 0 Å². The number of benzene rings is 5. The van der Waals surface area contributed by atoms with Crippen LogP contribution in [-0.4, -0.2) is 31.7 Å². The zero-order chi connectivity index (χ0) is 44.9. The fourth-order valence-corrected chi connectivity index (χ4v) is 6.92. The first kappa shape index (κ1) is 46.3. The molecule has 0 aromatic heterocycles. The van der Waals surface area contributed by atoms with E-state index in [1.165, 1.54) is 12.7 Å². The average Bonchev–Trinajstić information content (AvgIpc) is 3.20. The minimum absolute atomic E-state index is 0.274. The molecule has 59 heavy (non-hydrogen) atoms. The van der Waals surface area contributed by atoms with Crippen LogP contribution in [0.1, 0.15) is 15.9 Å². The van der Waals surface area contributed by atoms with Crippen LogP contribution in [0.15, 0.2) is 24.3 Å². The zero-order valence-electron chi connectivity index (χ0n) is 28.9. The third kappa shape index (κ3) is 7.43. The van der Waals surface area contributed by atoms with Crippen molar-refractivity contribution in [3.63, 3.8) is 0 Å². The molecule has 0 aliphatic heterocycles. The Hall–Kier alpha value is -5.42. The molecule has 0 bridgehead atoms. The van der Waals surface area contributed by atoms with Crippen LogP contribution < -0.4 is 21.9 Å². The van der Waals surface area contributed by atoms with Crippen LogP contribution >= 0.6 is 0 Å². The summed E-state index contributed by atoms with van der Waals surface area (Å²) in [5, 5.41) is 0. The monoisotopic (exact) mass is 890 g/mol. The molecule has 0 aliphatic rings. The second kappa shape index (κ2) is 17.1. The van der Waals surface area contributed by atoms with Gasteiger partial charge in [0, 0.05) is 5.56 Å². The molecular formula is C35H15BF20O2S. The van der Waals surface area contributed by atoms with E-state index in [0.29, 0.717) is 16.5 Å². The summed E-state index contributed by atoms with van der Waals surface area (Å²) in [7, 11) is 1.79. The Balaban J connectivity index is 0.000000464. The van der Waals surface area contributed by atoms with Crippen molar-refractivity contribution < 1.29 is 97.3 Å². The first-order valence-electron chi connectivity index (χ1n) is 15.3. The van der Waals surface area contributed by atoms with E-state index in [-0.39, 0.29) is 5.97 Å². The Morgan fingerprint density at radius 1 is 0.407 bits per heavy atom. The lowest BCUT2D eigenvalue weighted by molar-refractivity contribution is 0.0600. The molecule has 0 fully saturated rings. The number of hydrogen-bond acceptors (Lipinski definition) is 2. The van der Waals surface area contributed by atoms with Crippen LogP contribution in [0.5, 0.6) is 0 Å². The van der Waals surface area contributed by atoms with E-state index in [2.05, 4.69) is 17.2 Å². The van der Waals surface area contributed by atoms with Gasteiger partial charge in [0.2, 0.25) is 0 Å². The number of carbonyl (C=O) groups is 1. The molecule has 0 amide bonds. The van der Waals surface area contributed by atoms with E-state index in [0.717, 1.165) is 5.75 Å². The van der Waals surface area contributed by atoms with Crippen molar-refractivity contribution in [1.29, 1.82) is 0 Å². The van der Waals surface area contributed by atoms with Crippen molar-refractivity contribution in [3.8, 4) is 0 Å². The van der Waals surface area contributed by atoms with Gasteiger partial charge >= 0.3 is 5.97 Å². The summed E-state index contributed by atoms with van der Waals surface area (Å²) < 4.78 is 299. The maximum Gasteiger partial charge on any atom is 0.337 e. The molecule has 5 aromatic rings. The fourth-order valence-electron chi connectivity index (χ4n) is 6.06. The third-order valence-electron chi connectivity index (χ3n) is 8.54. The molecule has 0 aliphatic carbocycles. The summed E-state index contributed by atoms with van der Waals surface area (Å²) in [6.45, 7) is 0. The van der Waals surface area contributed by atoms with Crippen molar-refractivity contribution in [2.24, 2.45) is 0 Å². The molecule has 0 saturated heterocycles. The average molecular weight is 890 g/mol. The lowest BCUT2D eigenvalue weighted by atomic mass is 9.12. The second-order valence-electron chi connectivity index (χ2n) is 12.1. The van der Waals surface area contributed by atoms with E-state index < -0.39 is 144 Å². The minimum Gasteiger partial charge on any atom is -0.465 e.